The van der Waals surface area contributed by atoms with Crippen LogP contribution in [0.25, 0.3) is 0 Å². The number of likely N-dealkylation sites (tertiary alicyclic amines) is 1. The number of urea groups is 1. The monoisotopic (exact) mass is 243 g/mol. The Bertz CT molecular complexity index is 246. The van der Waals surface area contributed by atoms with E-state index in [4.69, 9.17) is 5.11 Å². The molecule has 1 saturated heterocycles. The molecule has 2 N–H and O–H groups in total. The van der Waals surface area contributed by atoms with Crippen LogP contribution in [0.2, 0.25) is 0 Å². The topological polar surface area (TPSA) is 55.8 Å². The Balaban J connectivity index is 2.24. The minimum Gasteiger partial charge on any atom is -0.396 e. The van der Waals surface area contributed by atoms with Gasteiger partial charge in [0, 0.05) is 31.7 Å². The molecule has 2 amide bonds. The van der Waals surface area contributed by atoms with Gasteiger partial charge in [-0.1, -0.05) is 0 Å². The predicted molar refractivity (Wildman–Crippen MR) is 67.9 cm³/mol. The highest BCUT2D eigenvalue weighted by Crippen LogP contribution is 2.15. The van der Waals surface area contributed by atoms with Crippen molar-refractivity contribution in [3.63, 3.8) is 0 Å². The second kappa shape index (κ2) is 6.81. The summed E-state index contributed by atoms with van der Waals surface area (Å²) < 4.78 is 0. The van der Waals surface area contributed by atoms with Crippen LogP contribution in [-0.2, 0) is 0 Å². The number of hydrogen-bond acceptors (Lipinski definition) is 3. The van der Waals surface area contributed by atoms with E-state index in [2.05, 4.69) is 10.2 Å². The molecule has 100 valence electrons. The van der Waals surface area contributed by atoms with E-state index in [1.807, 2.05) is 21.0 Å². The number of hydrogen-bond donors (Lipinski definition) is 2. The zero-order valence-electron chi connectivity index (χ0n) is 11.1. The molecule has 17 heavy (non-hydrogen) atoms. The second-order valence-corrected chi connectivity index (χ2v) is 5.23. The van der Waals surface area contributed by atoms with Gasteiger partial charge in [0.2, 0.25) is 0 Å². The van der Waals surface area contributed by atoms with Crippen LogP contribution < -0.4 is 5.32 Å². The largest absolute Gasteiger partial charge is 0.396 e. The maximum atomic E-state index is 11.9. The maximum Gasteiger partial charge on any atom is 0.317 e. The van der Waals surface area contributed by atoms with Crippen molar-refractivity contribution >= 4 is 6.03 Å². The maximum absolute atomic E-state index is 11.9. The Kier molecular flexibility index (Phi) is 5.71. The van der Waals surface area contributed by atoms with Crippen molar-refractivity contribution in [2.75, 3.05) is 40.3 Å². The predicted octanol–water partition coefficient (Wildman–Crippen LogP) is 0.350. The normalized spacial score (nSPS) is 21.9. The number of carbonyl (C=O) groups is 1. The first-order valence-electron chi connectivity index (χ1n) is 6.34. The third-order valence-electron chi connectivity index (χ3n) is 3.21. The third kappa shape index (κ3) is 4.91. The van der Waals surface area contributed by atoms with Gasteiger partial charge in [0.25, 0.3) is 0 Å². The van der Waals surface area contributed by atoms with Crippen LogP contribution in [0.15, 0.2) is 0 Å². The number of aliphatic hydroxyl groups is 1. The van der Waals surface area contributed by atoms with Crippen LogP contribution >= 0.6 is 0 Å². The highest BCUT2D eigenvalue weighted by molar-refractivity contribution is 5.74. The van der Waals surface area contributed by atoms with Crippen LogP contribution in [0.4, 0.5) is 4.79 Å². The lowest BCUT2D eigenvalue weighted by atomic mass is 10.1. The number of nitrogens with one attached hydrogen (secondary N) is 1. The lowest BCUT2D eigenvalue weighted by Crippen LogP contribution is -2.43. The van der Waals surface area contributed by atoms with Crippen LogP contribution in [0.5, 0.6) is 0 Å². The Labute approximate surface area is 104 Å². The van der Waals surface area contributed by atoms with Gasteiger partial charge in [0.15, 0.2) is 0 Å². The third-order valence-corrected chi connectivity index (χ3v) is 3.21. The van der Waals surface area contributed by atoms with Crippen LogP contribution in [-0.4, -0.2) is 67.3 Å². The zero-order chi connectivity index (χ0) is 12.8. The Morgan fingerprint density at radius 3 is 2.82 bits per heavy atom. The molecule has 5 heteroatoms. The molecule has 2 unspecified atom stereocenters. The van der Waals surface area contributed by atoms with E-state index >= 15 is 0 Å². The quantitative estimate of drug-likeness (QED) is 0.732. The van der Waals surface area contributed by atoms with Crippen LogP contribution in [0.1, 0.15) is 19.8 Å². The molecule has 1 fully saturated rings. The van der Waals surface area contributed by atoms with Gasteiger partial charge in [-0.2, -0.15) is 0 Å². The number of aliphatic hydroxyl groups excluding tert-OH is 1. The smallest absolute Gasteiger partial charge is 0.317 e. The van der Waals surface area contributed by atoms with Gasteiger partial charge in [-0.3, -0.25) is 0 Å². The van der Waals surface area contributed by atoms with Crippen LogP contribution in [0, 0.1) is 5.92 Å². The molecule has 0 aliphatic carbocycles. The molecule has 0 radical (unpaired) electrons. The summed E-state index contributed by atoms with van der Waals surface area (Å²) in [5, 5.41) is 12.0. The van der Waals surface area contributed by atoms with E-state index < -0.39 is 0 Å². The van der Waals surface area contributed by atoms with Gasteiger partial charge in [-0.25, -0.2) is 4.79 Å². The van der Waals surface area contributed by atoms with E-state index in [0.29, 0.717) is 6.54 Å². The van der Waals surface area contributed by atoms with E-state index in [-0.39, 0.29) is 24.6 Å². The molecule has 1 rings (SSSR count). The molecule has 1 aliphatic rings. The van der Waals surface area contributed by atoms with E-state index in [1.54, 1.807) is 4.90 Å². The molecule has 0 aromatic carbocycles. The molecular weight excluding hydrogens is 218 g/mol. The highest BCUT2D eigenvalue weighted by atomic mass is 16.3. The molecule has 2 atom stereocenters. The molecule has 0 spiro atoms. The molecule has 0 bridgehead atoms. The fourth-order valence-corrected chi connectivity index (χ4v) is 1.99. The van der Waals surface area contributed by atoms with Gasteiger partial charge < -0.3 is 20.2 Å². The summed E-state index contributed by atoms with van der Waals surface area (Å²) in [6, 6.07) is 0.199. The SMILES string of the molecule is CC(CCN(C)C)NC(=O)N1CCC(CO)C1. The molecule has 0 aromatic rings. The van der Waals surface area contributed by atoms with Crippen molar-refractivity contribution in [3.8, 4) is 0 Å². The first-order valence-corrected chi connectivity index (χ1v) is 6.34. The summed E-state index contributed by atoms with van der Waals surface area (Å²) in [6.07, 6.45) is 1.87. The van der Waals surface area contributed by atoms with Crippen molar-refractivity contribution < 1.29 is 9.90 Å². The van der Waals surface area contributed by atoms with Crippen LogP contribution in [0.3, 0.4) is 0 Å². The lowest BCUT2D eigenvalue weighted by Gasteiger charge is -2.22. The van der Waals surface area contributed by atoms with Gasteiger partial charge in [-0.05, 0) is 40.4 Å². The van der Waals surface area contributed by atoms with E-state index in [0.717, 1.165) is 25.9 Å². The van der Waals surface area contributed by atoms with Gasteiger partial charge >= 0.3 is 6.03 Å². The molecule has 1 heterocycles. The standard InChI is InChI=1S/C12H25N3O2/c1-10(4-6-14(2)3)13-12(17)15-7-5-11(8-15)9-16/h10-11,16H,4-9H2,1-3H3,(H,13,17). The van der Waals surface area contributed by atoms with Crippen molar-refractivity contribution in [2.24, 2.45) is 5.92 Å². The summed E-state index contributed by atoms with van der Waals surface area (Å²) in [5.41, 5.74) is 0. The van der Waals surface area contributed by atoms with E-state index in [1.165, 1.54) is 0 Å². The number of carbonyl (C=O) groups excluding carboxylic acids is 1. The minimum absolute atomic E-state index is 0.00667. The van der Waals surface area contributed by atoms with Crippen molar-refractivity contribution in [3.05, 3.63) is 0 Å². The average Bonchev–Trinajstić information content (AvgIpc) is 2.74. The minimum atomic E-state index is 0.00667. The molecule has 1 aliphatic heterocycles. The summed E-state index contributed by atoms with van der Waals surface area (Å²) in [5.74, 6) is 0.262. The van der Waals surface area contributed by atoms with Crippen molar-refractivity contribution in [1.29, 1.82) is 0 Å². The highest BCUT2D eigenvalue weighted by Gasteiger charge is 2.26. The fraction of sp³-hybridized carbons (Fsp3) is 0.917. The summed E-state index contributed by atoms with van der Waals surface area (Å²) in [6.45, 7) is 4.63. The number of rotatable bonds is 5. The molecule has 5 nitrogen and oxygen atoms in total. The number of nitrogens with zero attached hydrogens (tertiary/aromatic N) is 2. The molecule has 0 saturated carbocycles. The molecule has 0 aromatic heterocycles. The molecular formula is C12H25N3O2. The van der Waals surface area contributed by atoms with Crippen molar-refractivity contribution in [1.82, 2.24) is 15.1 Å². The first-order chi connectivity index (χ1) is 8.02. The average molecular weight is 243 g/mol. The van der Waals surface area contributed by atoms with Gasteiger partial charge in [0.05, 0.1) is 0 Å². The van der Waals surface area contributed by atoms with Gasteiger partial charge in [0.1, 0.15) is 0 Å². The Morgan fingerprint density at radius 2 is 2.29 bits per heavy atom. The lowest BCUT2D eigenvalue weighted by molar-refractivity contribution is 0.194. The Morgan fingerprint density at radius 1 is 1.59 bits per heavy atom. The first kappa shape index (κ1) is 14.3. The van der Waals surface area contributed by atoms with E-state index in [9.17, 15) is 4.79 Å². The summed E-state index contributed by atoms with van der Waals surface area (Å²) in [4.78, 5) is 15.8. The van der Waals surface area contributed by atoms with Crippen molar-refractivity contribution in [2.45, 2.75) is 25.8 Å². The summed E-state index contributed by atoms with van der Waals surface area (Å²) >= 11 is 0. The Hall–Kier alpha value is -0.810. The summed E-state index contributed by atoms with van der Waals surface area (Å²) in [7, 11) is 4.06. The van der Waals surface area contributed by atoms with Gasteiger partial charge in [-0.15, -0.1) is 0 Å². The zero-order valence-corrected chi connectivity index (χ0v) is 11.1. The second-order valence-electron chi connectivity index (χ2n) is 5.23. The fourth-order valence-electron chi connectivity index (χ4n) is 1.99. The number of amides is 2.